The van der Waals surface area contributed by atoms with E-state index in [-0.39, 0.29) is 5.69 Å². The molecule has 0 unspecified atom stereocenters. The van der Waals surface area contributed by atoms with E-state index in [1.165, 1.54) is 71.3 Å². The molecule has 0 atom stereocenters. The average Bonchev–Trinajstić information content (AvgIpc) is 2.76. The topological polar surface area (TPSA) is 21.6 Å². The van der Waals surface area contributed by atoms with Gasteiger partial charge in [-0.25, -0.2) is 4.39 Å². The van der Waals surface area contributed by atoms with Gasteiger partial charge in [0.25, 0.3) is 0 Å². The number of aliphatic imine (C=N–C) groups is 1. The summed E-state index contributed by atoms with van der Waals surface area (Å²) in [5.74, 6) is 3.06. The maximum absolute atomic E-state index is 14.7. The number of hydrogen-bond acceptors (Lipinski definition) is 3. The first-order valence-electron chi connectivity index (χ1n) is 11.6. The molecule has 0 saturated heterocycles. The number of isothiocyanates is 1. The van der Waals surface area contributed by atoms with Gasteiger partial charge in [0.05, 0.1) is 12.3 Å². The van der Waals surface area contributed by atoms with Crippen molar-refractivity contribution < 1.29 is 9.13 Å². The third-order valence-electron chi connectivity index (χ3n) is 7.46. The largest absolute Gasteiger partial charge is 0.493 e. The van der Waals surface area contributed by atoms with Crippen molar-refractivity contribution in [1.29, 1.82) is 0 Å². The van der Waals surface area contributed by atoms with E-state index in [4.69, 9.17) is 4.74 Å². The van der Waals surface area contributed by atoms with Crippen molar-refractivity contribution in [2.45, 2.75) is 89.9 Å². The second kappa shape index (κ2) is 11.2. The molecule has 2 nitrogen and oxygen atoms in total. The second-order valence-electron chi connectivity index (χ2n) is 9.11. The predicted octanol–water partition coefficient (Wildman–Crippen LogP) is 8.23. The molecule has 0 amide bonds. The molecule has 3 rings (SSSR count). The molecule has 29 heavy (non-hydrogen) atoms. The van der Waals surface area contributed by atoms with Gasteiger partial charge >= 0.3 is 0 Å². The molecule has 4 heteroatoms. The van der Waals surface area contributed by atoms with Gasteiger partial charge in [-0.2, -0.15) is 4.99 Å². The van der Waals surface area contributed by atoms with Crippen LogP contribution in [-0.2, 0) is 0 Å². The first-order chi connectivity index (χ1) is 14.2. The molecule has 2 saturated carbocycles. The summed E-state index contributed by atoms with van der Waals surface area (Å²) in [4.78, 5) is 3.81. The SMILES string of the molecule is CCCCCC1CCC(C2CCC(c3ccc(N=C=S)c(F)c3OC)CC2)CC1. The summed E-state index contributed by atoms with van der Waals surface area (Å²) in [6.45, 7) is 2.29. The molecular formula is C25H36FNOS. The lowest BCUT2D eigenvalue weighted by Crippen LogP contribution is -2.25. The van der Waals surface area contributed by atoms with Crippen LogP contribution in [0.3, 0.4) is 0 Å². The van der Waals surface area contributed by atoms with Crippen LogP contribution in [-0.4, -0.2) is 12.3 Å². The summed E-state index contributed by atoms with van der Waals surface area (Å²) in [5, 5.41) is 2.25. The van der Waals surface area contributed by atoms with Gasteiger partial charge in [-0.15, -0.1) is 0 Å². The fourth-order valence-electron chi connectivity index (χ4n) is 5.76. The lowest BCUT2D eigenvalue weighted by atomic mass is 9.68. The summed E-state index contributed by atoms with van der Waals surface area (Å²) < 4.78 is 20.1. The summed E-state index contributed by atoms with van der Waals surface area (Å²) in [6.07, 6.45) is 16.1. The third kappa shape index (κ3) is 5.67. The van der Waals surface area contributed by atoms with E-state index in [9.17, 15) is 4.39 Å². The number of benzene rings is 1. The highest BCUT2D eigenvalue weighted by Crippen LogP contribution is 2.47. The van der Waals surface area contributed by atoms with Crippen LogP contribution in [0, 0.1) is 23.6 Å². The monoisotopic (exact) mass is 417 g/mol. The van der Waals surface area contributed by atoms with Crippen molar-refractivity contribution in [3.05, 3.63) is 23.5 Å². The van der Waals surface area contributed by atoms with E-state index in [0.29, 0.717) is 11.7 Å². The highest BCUT2D eigenvalue weighted by atomic mass is 32.1. The first kappa shape index (κ1) is 22.4. The molecule has 0 heterocycles. The van der Waals surface area contributed by atoms with Gasteiger partial charge in [0.15, 0.2) is 11.6 Å². The number of hydrogen-bond donors (Lipinski definition) is 0. The van der Waals surface area contributed by atoms with Gasteiger partial charge in [-0.1, -0.05) is 51.5 Å². The minimum atomic E-state index is -0.411. The zero-order valence-corrected chi connectivity index (χ0v) is 18.9. The average molecular weight is 418 g/mol. The zero-order chi connectivity index (χ0) is 20.6. The van der Waals surface area contributed by atoms with Crippen LogP contribution in [0.2, 0.25) is 0 Å². The van der Waals surface area contributed by atoms with E-state index in [1.54, 1.807) is 6.07 Å². The van der Waals surface area contributed by atoms with Crippen molar-refractivity contribution in [3.8, 4) is 5.75 Å². The molecule has 0 aromatic heterocycles. The predicted molar refractivity (Wildman–Crippen MR) is 122 cm³/mol. The third-order valence-corrected chi connectivity index (χ3v) is 7.55. The van der Waals surface area contributed by atoms with Crippen molar-refractivity contribution in [2.24, 2.45) is 22.7 Å². The Kier molecular flexibility index (Phi) is 8.68. The lowest BCUT2D eigenvalue weighted by Gasteiger charge is -2.38. The Bertz CT molecular complexity index is 699. The molecule has 0 radical (unpaired) electrons. The van der Waals surface area contributed by atoms with Gasteiger partial charge in [0, 0.05) is 5.56 Å². The quantitative estimate of drug-likeness (QED) is 0.241. The van der Waals surface area contributed by atoms with Crippen LogP contribution in [0.25, 0.3) is 0 Å². The molecule has 1 aromatic rings. The molecule has 0 N–H and O–H groups in total. The van der Waals surface area contributed by atoms with Crippen molar-refractivity contribution in [3.63, 3.8) is 0 Å². The van der Waals surface area contributed by atoms with Crippen LogP contribution in [0.15, 0.2) is 17.1 Å². The molecule has 2 aliphatic rings. The number of ether oxygens (including phenoxy) is 1. The number of thiocarbonyl (C=S) groups is 1. The summed E-state index contributed by atoms with van der Waals surface area (Å²) in [5.41, 5.74) is 1.20. The Morgan fingerprint density at radius 3 is 2.28 bits per heavy atom. The number of unbranched alkanes of at least 4 members (excludes halogenated alkanes) is 2. The molecule has 0 bridgehead atoms. The second-order valence-corrected chi connectivity index (χ2v) is 9.30. The number of methoxy groups -OCH3 is 1. The Morgan fingerprint density at radius 1 is 1.03 bits per heavy atom. The fourth-order valence-corrected chi connectivity index (χ4v) is 5.86. The maximum atomic E-state index is 14.7. The van der Waals surface area contributed by atoms with Gasteiger partial charge in [0.1, 0.15) is 5.69 Å². The van der Waals surface area contributed by atoms with Crippen molar-refractivity contribution in [1.82, 2.24) is 0 Å². The number of rotatable bonds is 8. The molecule has 1 aromatic carbocycles. The molecule has 2 fully saturated rings. The number of halogens is 1. The van der Waals surface area contributed by atoms with Crippen LogP contribution < -0.4 is 4.74 Å². The highest BCUT2D eigenvalue weighted by molar-refractivity contribution is 7.78. The molecule has 2 aliphatic carbocycles. The van der Waals surface area contributed by atoms with E-state index >= 15 is 0 Å². The zero-order valence-electron chi connectivity index (χ0n) is 18.1. The van der Waals surface area contributed by atoms with Crippen LogP contribution in [0.4, 0.5) is 10.1 Å². The molecule has 0 aliphatic heterocycles. The molecule has 160 valence electrons. The minimum Gasteiger partial charge on any atom is -0.493 e. The summed E-state index contributed by atoms with van der Waals surface area (Å²) >= 11 is 4.62. The minimum absolute atomic E-state index is 0.213. The van der Waals surface area contributed by atoms with Gasteiger partial charge in [0.2, 0.25) is 0 Å². The van der Waals surface area contributed by atoms with Gasteiger partial charge in [-0.05, 0) is 80.5 Å². The maximum Gasteiger partial charge on any atom is 0.191 e. The first-order valence-corrected chi connectivity index (χ1v) is 12.0. The molecular weight excluding hydrogens is 381 g/mol. The highest BCUT2D eigenvalue weighted by Gasteiger charge is 2.32. The van der Waals surface area contributed by atoms with Gasteiger partial charge < -0.3 is 4.74 Å². The standard InChI is InChI=1S/C25H36FNOS/c1-3-4-5-6-18-7-9-19(10-8-18)20-11-13-21(14-12-20)22-15-16-23(27-17-29)24(26)25(22)28-2/h15-16,18-21H,3-14H2,1-2H3. The van der Waals surface area contributed by atoms with Crippen molar-refractivity contribution in [2.75, 3.05) is 7.11 Å². The van der Waals surface area contributed by atoms with Crippen molar-refractivity contribution >= 4 is 23.1 Å². The summed E-state index contributed by atoms with van der Waals surface area (Å²) in [6, 6.07) is 3.68. The fraction of sp³-hybridized carbons (Fsp3) is 0.720. The van der Waals surface area contributed by atoms with E-state index in [1.807, 2.05) is 6.07 Å². The Hall–Kier alpha value is -1.25. The number of nitrogens with zero attached hydrogens (tertiary/aromatic N) is 1. The van der Waals surface area contributed by atoms with Crippen LogP contribution in [0.1, 0.15) is 95.5 Å². The molecule has 0 spiro atoms. The lowest BCUT2D eigenvalue weighted by molar-refractivity contribution is 0.155. The van der Waals surface area contributed by atoms with Gasteiger partial charge in [-0.3, -0.25) is 0 Å². The van der Waals surface area contributed by atoms with Crippen LogP contribution in [0.5, 0.6) is 5.75 Å². The van der Waals surface area contributed by atoms with Crippen LogP contribution >= 0.6 is 12.2 Å². The Labute approximate surface area is 181 Å². The summed E-state index contributed by atoms with van der Waals surface area (Å²) in [7, 11) is 1.54. The smallest absolute Gasteiger partial charge is 0.191 e. The Morgan fingerprint density at radius 2 is 1.69 bits per heavy atom. The van der Waals surface area contributed by atoms with E-state index in [0.717, 1.165) is 36.2 Å². The normalized spacial score (nSPS) is 27.3. The van der Waals surface area contributed by atoms with E-state index in [2.05, 4.69) is 29.3 Å². The van der Waals surface area contributed by atoms with E-state index < -0.39 is 5.82 Å². The Balaban J connectivity index is 1.54.